The van der Waals surface area contributed by atoms with Crippen molar-refractivity contribution in [2.75, 3.05) is 24.2 Å². The summed E-state index contributed by atoms with van der Waals surface area (Å²) >= 11 is 0. The van der Waals surface area contributed by atoms with Crippen molar-refractivity contribution in [1.29, 1.82) is 0 Å². The van der Waals surface area contributed by atoms with Crippen LogP contribution in [0.3, 0.4) is 0 Å². The number of anilines is 2. The van der Waals surface area contributed by atoms with E-state index in [1.165, 1.54) is 0 Å². The molecule has 8 heteroatoms. The van der Waals surface area contributed by atoms with E-state index in [-0.39, 0.29) is 11.7 Å². The highest BCUT2D eigenvalue weighted by molar-refractivity contribution is 5.57. The molecular formula is C12H18F4N4. The summed E-state index contributed by atoms with van der Waals surface area (Å²) in [6.45, 7) is 4.14. The number of rotatable bonds is 6. The zero-order valence-electron chi connectivity index (χ0n) is 11.8. The van der Waals surface area contributed by atoms with Crippen LogP contribution in [0.2, 0.25) is 0 Å². The summed E-state index contributed by atoms with van der Waals surface area (Å²) in [5, 5.41) is 5.11. The van der Waals surface area contributed by atoms with Gasteiger partial charge in [0.1, 0.15) is 17.5 Å². The molecule has 0 fully saturated rings. The van der Waals surface area contributed by atoms with Gasteiger partial charge in [0.25, 0.3) is 0 Å². The first-order chi connectivity index (χ1) is 9.19. The molecule has 114 valence electrons. The zero-order chi connectivity index (χ0) is 15.5. The van der Waals surface area contributed by atoms with Crippen molar-refractivity contribution in [3.63, 3.8) is 0 Å². The van der Waals surface area contributed by atoms with E-state index >= 15 is 0 Å². The number of alkyl halides is 4. The molecule has 0 aliphatic carbocycles. The highest BCUT2D eigenvalue weighted by Crippen LogP contribution is 2.26. The first-order valence-corrected chi connectivity index (χ1v) is 6.15. The highest BCUT2D eigenvalue weighted by Gasteiger charge is 2.40. The fourth-order valence-corrected chi connectivity index (χ4v) is 1.49. The maximum atomic E-state index is 12.9. The van der Waals surface area contributed by atoms with Crippen LogP contribution in [0.5, 0.6) is 0 Å². The summed E-state index contributed by atoms with van der Waals surface area (Å²) in [5.41, 5.74) is 0.502. The molecule has 0 spiro atoms. The van der Waals surface area contributed by atoms with Crippen molar-refractivity contribution in [3.8, 4) is 0 Å². The van der Waals surface area contributed by atoms with Crippen LogP contribution in [0.15, 0.2) is 0 Å². The molecule has 0 aromatic carbocycles. The Morgan fingerprint density at radius 2 is 1.70 bits per heavy atom. The van der Waals surface area contributed by atoms with Gasteiger partial charge < -0.3 is 10.6 Å². The van der Waals surface area contributed by atoms with Gasteiger partial charge in [0, 0.05) is 18.5 Å². The molecule has 0 saturated heterocycles. The molecule has 0 bridgehead atoms. The van der Waals surface area contributed by atoms with Crippen molar-refractivity contribution in [1.82, 2.24) is 9.97 Å². The lowest BCUT2D eigenvalue weighted by molar-refractivity contribution is -0.117. The van der Waals surface area contributed by atoms with Crippen molar-refractivity contribution >= 4 is 11.6 Å². The number of aromatic nitrogens is 2. The maximum absolute atomic E-state index is 12.9. The summed E-state index contributed by atoms with van der Waals surface area (Å²) in [5.74, 6) is -3.06. The fourth-order valence-electron chi connectivity index (χ4n) is 1.49. The van der Waals surface area contributed by atoms with Gasteiger partial charge in [0.15, 0.2) is 0 Å². The van der Waals surface area contributed by atoms with Gasteiger partial charge in [-0.3, -0.25) is 0 Å². The molecule has 0 saturated carbocycles. The first-order valence-electron chi connectivity index (χ1n) is 6.15. The second-order valence-electron chi connectivity index (χ2n) is 4.72. The van der Waals surface area contributed by atoms with Gasteiger partial charge in [-0.1, -0.05) is 13.8 Å². The molecule has 1 aromatic rings. The molecule has 4 nitrogen and oxygen atoms in total. The van der Waals surface area contributed by atoms with Gasteiger partial charge in [-0.15, -0.1) is 0 Å². The maximum Gasteiger partial charge on any atom is 0.324 e. The van der Waals surface area contributed by atoms with Crippen LogP contribution in [0.25, 0.3) is 0 Å². The van der Waals surface area contributed by atoms with E-state index in [2.05, 4.69) is 20.6 Å². The van der Waals surface area contributed by atoms with E-state index in [4.69, 9.17) is 0 Å². The Labute approximate surface area is 115 Å². The van der Waals surface area contributed by atoms with E-state index in [1.807, 2.05) is 13.8 Å². The molecule has 1 rings (SSSR count). The van der Waals surface area contributed by atoms with Gasteiger partial charge in [-0.25, -0.2) is 18.7 Å². The van der Waals surface area contributed by atoms with E-state index in [1.54, 1.807) is 14.0 Å². The Morgan fingerprint density at radius 3 is 2.15 bits per heavy atom. The molecule has 1 aromatic heterocycles. The highest BCUT2D eigenvalue weighted by atomic mass is 19.3. The van der Waals surface area contributed by atoms with Gasteiger partial charge in [-0.2, -0.15) is 8.78 Å². The van der Waals surface area contributed by atoms with Gasteiger partial charge >= 0.3 is 12.3 Å². The predicted molar refractivity (Wildman–Crippen MR) is 69.8 cm³/mol. The van der Waals surface area contributed by atoms with Crippen molar-refractivity contribution in [2.24, 2.45) is 0 Å². The second kappa shape index (κ2) is 6.23. The fraction of sp³-hybridized carbons (Fsp3) is 0.667. The minimum Gasteiger partial charge on any atom is -0.373 e. The van der Waals surface area contributed by atoms with Crippen LogP contribution in [-0.2, 0) is 0 Å². The Bertz CT molecular complexity index is 463. The number of nitrogens with zero attached hydrogens (tertiary/aromatic N) is 2. The standard InChI is InChI=1S/C12H18F4N4/c1-6(2)8-19-9(17-4)7(3)10(20-8)18-5-12(15,16)11(13)14/h6,11H,5H2,1-4H3,(H2,17,18,19,20). The third kappa shape index (κ3) is 3.71. The van der Waals surface area contributed by atoms with E-state index in [0.717, 1.165) is 0 Å². The number of nitrogens with one attached hydrogen (secondary N) is 2. The lowest BCUT2D eigenvalue weighted by atomic mass is 10.2. The Balaban J connectivity index is 3.02. The van der Waals surface area contributed by atoms with Crippen molar-refractivity contribution in [3.05, 3.63) is 11.4 Å². The quantitative estimate of drug-likeness (QED) is 0.791. The SMILES string of the molecule is CNc1nc(C(C)C)nc(NCC(F)(F)C(F)F)c1C. The molecule has 0 unspecified atom stereocenters. The van der Waals surface area contributed by atoms with Crippen LogP contribution < -0.4 is 10.6 Å². The molecule has 1 heterocycles. The minimum absolute atomic E-state index is 0.0149. The van der Waals surface area contributed by atoms with E-state index < -0.39 is 18.9 Å². The first kappa shape index (κ1) is 16.5. The normalized spacial score (nSPS) is 12.1. The zero-order valence-corrected chi connectivity index (χ0v) is 11.8. The number of hydrogen-bond acceptors (Lipinski definition) is 4. The Kier molecular flexibility index (Phi) is 5.13. The van der Waals surface area contributed by atoms with Crippen molar-refractivity contribution in [2.45, 2.75) is 39.0 Å². The van der Waals surface area contributed by atoms with Gasteiger partial charge in [-0.05, 0) is 6.92 Å². The molecule has 0 amide bonds. The number of halogens is 4. The monoisotopic (exact) mass is 294 g/mol. The topological polar surface area (TPSA) is 49.8 Å². The second-order valence-corrected chi connectivity index (χ2v) is 4.72. The van der Waals surface area contributed by atoms with Crippen LogP contribution >= 0.6 is 0 Å². The van der Waals surface area contributed by atoms with Crippen molar-refractivity contribution < 1.29 is 17.6 Å². The molecule has 0 aliphatic rings. The summed E-state index contributed by atoms with van der Waals surface area (Å²) < 4.78 is 50.1. The smallest absolute Gasteiger partial charge is 0.324 e. The van der Waals surface area contributed by atoms with Crippen LogP contribution in [0.4, 0.5) is 29.2 Å². The minimum atomic E-state index is -4.10. The third-order valence-electron chi connectivity index (χ3n) is 2.73. The molecule has 20 heavy (non-hydrogen) atoms. The summed E-state index contributed by atoms with van der Waals surface area (Å²) in [7, 11) is 1.64. The number of hydrogen-bond donors (Lipinski definition) is 2. The lowest BCUT2D eigenvalue weighted by Gasteiger charge is -2.19. The van der Waals surface area contributed by atoms with Gasteiger partial charge in [0.05, 0.1) is 6.54 Å². The van der Waals surface area contributed by atoms with Gasteiger partial charge in [0.2, 0.25) is 0 Å². The predicted octanol–water partition coefficient (Wildman–Crippen LogP) is 3.26. The van der Waals surface area contributed by atoms with E-state index in [0.29, 0.717) is 17.2 Å². The summed E-state index contributed by atoms with van der Waals surface area (Å²) in [6.07, 6.45) is -3.72. The van der Waals surface area contributed by atoms with Crippen LogP contribution in [-0.4, -0.2) is 35.9 Å². The van der Waals surface area contributed by atoms with Crippen LogP contribution in [0.1, 0.15) is 31.2 Å². The molecule has 0 radical (unpaired) electrons. The molecular weight excluding hydrogens is 276 g/mol. The largest absolute Gasteiger partial charge is 0.373 e. The Hall–Kier alpha value is -1.60. The average molecular weight is 294 g/mol. The summed E-state index contributed by atoms with van der Waals surface area (Å²) in [6, 6.07) is 0. The average Bonchev–Trinajstić information content (AvgIpc) is 2.37. The molecule has 2 N–H and O–H groups in total. The molecule has 0 atom stereocenters. The third-order valence-corrected chi connectivity index (χ3v) is 2.73. The van der Waals surface area contributed by atoms with Crippen LogP contribution in [0, 0.1) is 6.92 Å². The summed E-state index contributed by atoms with van der Waals surface area (Å²) in [4.78, 5) is 8.33. The molecule has 0 aliphatic heterocycles. The lowest BCUT2D eigenvalue weighted by Crippen LogP contribution is -2.35. The Morgan fingerprint density at radius 1 is 1.15 bits per heavy atom. The van der Waals surface area contributed by atoms with E-state index in [9.17, 15) is 17.6 Å².